The van der Waals surface area contributed by atoms with E-state index < -0.39 is 0 Å². The molecule has 0 saturated carbocycles. The van der Waals surface area contributed by atoms with Gasteiger partial charge < -0.3 is 0 Å². The minimum Gasteiger partial charge on any atom is -0.299 e. The van der Waals surface area contributed by atoms with E-state index in [1.54, 1.807) is 49.4 Å². The van der Waals surface area contributed by atoms with Gasteiger partial charge in [0.05, 0.1) is 21.8 Å². The Kier molecular flexibility index (Phi) is 5.18. The van der Waals surface area contributed by atoms with Gasteiger partial charge in [0.15, 0.2) is 5.16 Å². The SMILES string of the molecule is CC(=O)C(C)Sc1nc2cc(Cl)ccc2c(=O)n1-c1ccc(Cl)cc1. The van der Waals surface area contributed by atoms with Gasteiger partial charge in [0.25, 0.3) is 5.56 Å². The average molecular weight is 393 g/mol. The summed E-state index contributed by atoms with van der Waals surface area (Å²) in [7, 11) is 0. The van der Waals surface area contributed by atoms with Crippen molar-refractivity contribution in [3.63, 3.8) is 0 Å². The molecule has 0 fully saturated rings. The molecular weight excluding hydrogens is 379 g/mol. The maximum absolute atomic E-state index is 13.0. The Morgan fingerprint density at radius 2 is 1.76 bits per heavy atom. The lowest BCUT2D eigenvalue weighted by molar-refractivity contribution is -0.116. The van der Waals surface area contributed by atoms with E-state index in [9.17, 15) is 9.59 Å². The number of carbonyl (C=O) groups is 1. The molecule has 0 aliphatic carbocycles. The number of aromatic nitrogens is 2. The quantitative estimate of drug-likeness (QED) is 0.474. The average Bonchev–Trinajstić information content (AvgIpc) is 2.56. The molecule has 0 radical (unpaired) electrons. The third-order valence-electron chi connectivity index (χ3n) is 3.74. The lowest BCUT2D eigenvalue weighted by atomic mass is 10.2. The number of hydrogen-bond donors (Lipinski definition) is 0. The van der Waals surface area contributed by atoms with E-state index in [0.717, 1.165) is 0 Å². The van der Waals surface area contributed by atoms with Crippen molar-refractivity contribution in [3.05, 3.63) is 62.9 Å². The van der Waals surface area contributed by atoms with E-state index in [4.69, 9.17) is 23.2 Å². The third-order valence-corrected chi connectivity index (χ3v) is 5.40. The van der Waals surface area contributed by atoms with Gasteiger partial charge in [-0.05, 0) is 56.3 Å². The van der Waals surface area contributed by atoms with E-state index in [1.165, 1.54) is 23.3 Å². The molecule has 1 unspecified atom stereocenters. The number of thioether (sulfide) groups is 1. The number of nitrogens with zero attached hydrogens (tertiary/aromatic N) is 2. The van der Waals surface area contributed by atoms with Crippen LogP contribution in [0.15, 0.2) is 52.4 Å². The molecule has 0 saturated heterocycles. The molecule has 3 rings (SSSR count). The van der Waals surface area contributed by atoms with Crippen LogP contribution in [0.25, 0.3) is 16.6 Å². The van der Waals surface area contributed by atoms with Crippen molar-refractivity contribution in [2.75, 3.05) is 0 Å². The molecule has 25 heavy (non-hydrogen) atoms. The Morgan fingerprint density at radius 1 is 1.12 bits per heavy atom. The van der Waals surface area contributed by atoms with Gasteiger partial charge in [0.2, 0.25) is 0 Å². The molecule has 3 aromatic rings. The zero-order valence-electron chi connectivity index (χ0n) is 13.5. The Morgan fingerprint density at radius 3 is 2.40 bits per heavy atom. The highest BCUT2D eigenvalue weighted by Crippen LogP contribution is 2.26. The smallest absolute Gasteiger partial charge is 0.266 e. The second-order valence-corrected chi connectivity index (χ2v) is 7.72. The molecule has 0 spiro atoms. The summed E-state index contributed by atoms with van der Waals surface area (Å²) in [5, 5.41) is 1.63. The van der Waals surface area contributed by atoms with Crippen molar-refractivity contribution in [2.45, 2.75) is 24.3 Å². The summed E-state index contributed by atoms with van der Waals surface area (Å²) in [6.07, 6.45) is 0. The molecule has 0 bridgehead atoms. The number of benzene rings is 2. The standard InChI is InChI=1S/C18H14Cl2N2O2S/c1-10(23)11(2)25-18-21-16-9-13(20)5-8-15(16)17(24)22(18)14-6-3-12(19)4-7-14/h3-9,11H,1-2H3. The summed E-state index contributed by atoms with van der Waals surface area (Å²) in [5.41, 5.74) is 0.917. The van der Waals surface area contributed by atoms with E-state index in [0.29, 0.717) is 31.8 Å². The summed E-state index contributed by atoms with van der Waals surface area (Å²) in [6.45, 7) is 3.30. The molecule has 1 atom stereocenters. The number of ketones is 1. The highest BCUT2D eigenvalue weighted by atomic mass is 35.5. The molecular formula is C18H14Cl2N2O2S. The summed E-state index contributed by atoms with van der Waals surface area (Å²) >= 11 is 13.2. The predicted molar refractivity (Wildman–Crippen MR) is 103 cm³/mol. The molecule has 0 aliphatic heterocycles. The Bertz CT molecular complexity index is 1020. The zero-order chi connectivity index (χ0) is 18.1. The second kappa shape index (κ2) is 7.20. The summed E-state index contributed by atoms with van der Waals surface area (Å²) in [5.74, 6) is 0.00750. The highest BCUT2D eigenvalue weighted by molar-refractivity contribution is 8.00. The van der Waals surface area contributed by atoms with E-state index in [2.05, 4.69) is 4.98 Å². The van der Waals surface area contributed by atoms with Gasteiger partial charge >= 0.3 is 0 Å². The number of fused-ring (bicyclic) bond motifs is 1. The predicted octanol–water partition coefficient (Wildman–Crippen LogP) is 4.76. The van der Waals surface area contributed by atoms with E-state index in [-0.39, 0.29) is 16.6 Å². The first-order chi connectivity index (χ1) is 11.9. The normalized spacial score (nSPS) is 12.3. The number of halogens is 2. The largest absolute Gasteiger partial charge is 0.299 e. The Hall–Kier alpha value is -1.82. The number of carbonyl (C=O) groups excluding carboxylic acids is 1. The first kappa shape index (κ1) is 18.0. The summed E-state index contributed by atoms with van der Waals surface area (Å²) < 4.78 is 1.50. The third kappa shape index (κ3) is 3.73. The van der Waals surface area contributed by atoms with Crippen molar-refractivity contribution in [1.82, 2.24) is 9.55 Å². The van der Waals surface area contributed by atoms with Crippen LogP contribution in [-0.2, 0) is 4.79 Å². The molecule has 1 aromatic heterocycles. The minimum absolute atomic E-state index is 0.00750. The zero-order valence-corrected chi connectivity index (χ0v) is 15.8. The molecule has 2 aromatic carbocycles. The van der Waals surface area contributed by atoms with Crippen LogP contribution in [0.4, 0.5) is 0 Å². The van der Waals surface area contributed by atoms with Crippen LogP contribution in [-0.4, -0.2) is 20.6 Å². The van der Waals surface area contributed by atoms with Gasteiger partial charge in [-0.2, -0.15) is 0 Å². The first-order valence-electron chi connectivity index (χ1n) is 7.52. The van der Waals surface area contributed by atoms with Gasteiger partial charge in [-0.25, -0.2) is 4.98 Å². The van der Waals surface area contributed by atoms with Gasteiger partial charge in [-0.15, -0.1) is 0 Å². The van der Waals surface area contributed by atoms with Crippen molar-refractivity contribution >= 4 is 51.6 Å². The van der Waals surface area contributed by atoms with E-state index in [1.807, 2.05) is 0 Å². The maximum atomic E-state index is 13.0. The van der Waals surface area contributed by atoms with E-state index >= 15 is 0 Å². The second-order valence-electron chi connectivity index (χ2n) is 5.54. The lowest BCUT2D eigenvalue weighted by Gasteiger charge is -2.15. The van der Waals surface area contributed by atoms with Crippen molar-refractivity contribution in [2.24, 2.45) is 0 Å². The van der Waals surface area contributed by atoms with Gasteiger partial charge in [0.1, 0.15) is 5.78 Å². The number of Topliss-reactive ketones (excluding diaryl/α,β-unsaturated/α-hetero) is 1. The molecule has 0 N–H and O–H groups in total. The van der Waals surface area contributed by atoms with Crippen LogP contribution >= 0.6 is 35.0 Å². The summed E-state index contributed by atoms with van der Waals surface area (Å²) in [4.78, 5) is 29.3. The van der Waals surface area contributed by atoms with Crippen LogP contribution in [0.2, 0.25) is 10.0 Å². The van der Waals surface area contributed by atoms with Crippen LogP contribution in [0.5, 0.6) is 0 Å². The monoisotopic (exact) mass is 392 g/mol. The number of hydrogen-bond acceptors (Lipinski definition) is 4. The van der Waals surface area contributed by atoms with Crippen LogP contribution in [0.3, 0.4) is 0 Å². The molecule has 7 heteroatoms. The molecule has 1 heterocycles. The van der Waals surface area contributed by atoms with Crippen LogP contribution < -0.4 is 5.56 Å². The maximum Gasteiger partial charge on any atom is 0.266 e. The molecule has 4 nitrogen and oxygen atoms in total. The van der Waals surface area contributed by atoms with Gasteiger partial charge in [-0.1, -0.05) is 35.0 Å². The highest BCUT2D eigenvalue weighted by Gasteiger charge is 2.18. The first-order valence-corrected chi connectivity index (χ1v) is 9.16. The van der Waals surface area contributed by atoms with Gasteiger partial charge in [0, 0.05) is 10.0 Å². The van der Waals surface area contributed by atoms with Crippen LogP contribution in [0, 0.1) is 0 Å². The lowest BCUT2D eigenvalue weighted by Crippen LogP contribution is -2.23. The minimum atomic E-state index is -0.331. The fraction of sp³-hybridized carbons (Fsp3) is 0.167. The molecule has 0 amide bonds. The molecule has 128 valence electrons. The summed E-state index contributed by atoms with van der Waals surface area (Å²) in [6, 6.07) is 11.9. The Balaban J connectivity index is 2.29. The van der Waals surface area contributed by atoms with Crippen molar-refractivity contribution in [1.29, 1.82) is 0 Å². The van der Waals surface area contributed by atoms with Gasteiger partial charge in [-0.3, -0.25) is 14.2 Å². The number of rotatable bonds is 4. The van der Waals surface area contributed by atoms with Crippen molar-refractivity contribution in [3.8, 4) is 5.69 Å². The fourth-order valence-corrected chi connectivity index (χ4v) is 3.50. The molecule has 0 aliphatic rings. The topological polar surface area (TPSA) is 52.0 Å². The van der Waals surface area contributed by atoms with Crippen LogP contribution in [0.1, 0.15) is 13.8 Å². The van der Waals surface area contributed by atoms with Crippen molar-refractivity contribution < 1.29 is 4.79 Å². The Labute approximate surface area is 158 Å². The fourth-order valence-electron chi connectivity index (χ4n) is 2.28.